The molecule has 1 saturated carbocycles. The molecular formula is C10H21NO2S. The molecule has 84 valence electrons. The van der Waals surface area contributed by atoms with Crippen LogP contribution in [0.15, 0.2) is 0 Å². The average Bonchev–Trinajstić information content (AvgIpc) is 2.18. The van der Waals surface area contributed by atoms with Gasteiger partial charge in [-0.05, 0) is 38.5 Å². The van der Waals surface area contributed by atoms with Crippen molar-refractivity contribution in [1.82, 2.24) is 4.31 Å². The maximum absolute atomic E-state index is 11.6. The summed E-state index contributed by atoms with van der Waals surface area (Å²) in [6, 6.07) is 0.246. The third-order valence-electron chi connectivity index (χ3n) is 3.30. The quantitative estimate of drug-likeness (QED) is 0.726. The van der Waals surface area contributed by atoms with Crippen LogP contribution >= 0.6 is 0 Å². The number of sulfonamides is 1. The van der Waals surface area contributed by atoms with Crippen LogP contribution in [0.2, 0.25) is 0 Å². The van der Waals surface area contributed by atoms with E-state index in [2.05, 4.69) is 6.92 Å². The highest BCUT2D eigenvalue weighted by molar-refractivity contribution is 7.89. The van der Waals surface area contributed by atoms with Crippen molar-refractivity contribution in [3.05, 3.63) is 0 Å². The van der Waals surface area contributed by atoms with Crippen LogP contribution in [0.5, 0.6) is 0 Å². The molecule has 0 aromatic heterocycles. The van der Waals surface area contributed by atoms with Crippen molar-refractivity contribution in [2.24, 2.45) is 5.92 Å². The van der Waals surface area contributed by atoms with Crippen molar-refractivity contribution in [1.29, 1.82) is 0 Å². The summed E-state index contributed by atoms with van der Waals surface area (Å²) in [4.78, 5) is 0. The number of nitrogens with zero attached hydrogens (tertiary/aromatic N) is 1. The number of hydrogen-bond donors (Lipinski definition) is 0. The Morgan fingerprint density at radius 1 is 1.21 bits per heavy atom. The highest BCUT2D eigenvalue weighted by atomic mass is 32.2. The molecule has 0 radical (unpaired) electrons. The molecule has 0 heterocycles. The molecule has 0 aliphatic heterocycles. The molecule has 0 amide bonds. The largest absolute Gasteiger partial charge is 0.213 e. The summed E-state index contributed by atoms with van der Waals surface area (Å²) in [5.74, 6) is 0.985. The Morgan fingerprint density at radius 3 is 2.14 bits per heavy atom. The van der Waals surface area contributed by atoms with Gasteiger partial charge in [-0.15, -0.1) is 0 Å². The van der Waals surface area contributed by atoms with E-state index in [1.165, 1.54) is 0 Å². The molecule has 1 fully saturated rings. The summed E-state index contributed by atoms with van der Waals surface area (Å²) in [5, 5.41) is 0. The van der Waals surface area contributed by atoms with E-state index in [0.717, 1.165) is 31.6 Å². The minimum atomic E-state index is -2.98. The van der Waals surface area contributed by atoms with Gasteiger partial charge < -0.3 is 0 Å². The lowest BCUT2D eigenvalue weighted by Crippen LogP contribution is -2.39. The van der Waals surface area contributed by atoms with E-state index in [1.807, 2.05) is 0 Å². The summed E-state index contributed by atoms with van der Waals surface area (Å²) in [6.45, 7) is 3.95. The average molecular weight is 219 g/mol. The van der Waals surface area contributed by atoms with Gasteiger partial charge in [-0.3, -0.25) is 0 Å². The van der Waals surface area contributed by atoms with Gasteiger partial charge in [0.2, 0.25) is 10.0 Å². The van der Waals surface area contributed by atoms with Crippen LogP contribution in [0.4, 0.5) is 0 Å². The lowest BCUT2D eigenvalue weighted by molar-refractivity contribution is 0.246. The second-order valence-corrected chi connectivity index (χ2v) is 6.65. The highest BCUT2D eigenvalue weighted by Gasteiger charge is 2.27. The number of hydrogen-bond acceptors (Lipinski definition) is 2. The summed E-state index contributed by atoms with van der Waals surface area (Å²) in [5.41, 5.74) is 0. The summed E-state index contributed by atoms with van der Waals surface area (Å²) in [7, 11) is -1.26. The topological polar surface area (TPSA) is 37.4 Å². The Balaban J connectivity index is 2.58. The van der Waals surface area contributed by atoms with E-state index < -0.39 is 10.0 Å². The summed E-state index contributed by atoms with van der Waals surface area (Å²) < 4.78 is 24.8. The highest BCUT2D eigenvalue weighted by Crippen LogP contribution is 2.27. The van der Waals surface area contributed by atoms with E-state index in [4.69, 9.17) is 0 Å². The second kappa shape index (κ2) is 4.62. The Hall–Kier alpha value is -0.0900. The first-order valence-corrected chi connectivity index (χ1v) is 7.04. The van der Waals surface area contributed by atoms with Gasteiger partial charge in [-0.25, -0.2) is 12.7 Å². The molecule has 0 bridgehead atoms. The number of rotatable bonds is 3. The Kier molecular flexibility index (Phi) is 3.95. The zero-order valence-electron chi connectivity index (χ0n) is 9.36. The van der Waals surface area contributed by atoms with Crippen LogP contribution < -0.4 is 0 Å². The van der Waals surface area contributed by atoms with Gasteiger partial charge in [0.1, 0.15) is 0 Å². The third-order valence-corrected chi connectivity index (χ3v) is 5.21. The van der Waals surface area contributed by atoms with Crippen LogP contribution in [0.3, 0.4) is 0 Å². The van der Waals surface area contributed by atoms with Gasteiger partial charge in [0.05, 0.1) is 5.75 Å². The SMILES string of the molecule is CCS(=O)(=O)N(C)C1CCC(C)CC1. The van der Waals surface area contributed by atoms with E-state index in [9.17, 15) is 8.42 Å². The molecular weight excluding hydrogens is 198 g/mol. The predicted octanol–water partition coefficient (Wildman–Crippen LogP) is 1.85. The fraction of sp³-hybridized carbons (Fsp3) is 1.00. The molecule has 0 aromatic rings. The lowest BCUT2D eigenvalue weighted by Gasteiger charge is -2.32. The molecule has 1 aliphatic rings. The second-order valence-electron chi connectivity index (χ2n) is 4.33. The molecule has 1 aliphatic carbocycles. The maximum Gasteiger partial charge on any atom is 0.213 e. The van der Waals surface area contributed by atoms with Crippen LogP contribution in [0.25, 0.3) is 0 Å². The van der Waals surface area contributed by atoms with Gasteiger partial charge in [0, 0.05) is 13.1 Å². The van der Waals surface area contributed by atoms with Crippen molar-refractivity contribution in [3.8, 4) is 0 Å². The minimum absolute atomic E-state index is 0.218. The van der Waals surface area contributed by atoms with Crippen LogP contribution in [-0.4, -0.2) is 31.6 Å². The first kappa shape index (κ1) is 12.0. The molecule has 0 saturated heterocycles. The standard InChI is InChI=1S/C10H21NO2S/c1-4-14(12,13)11(3)10-7-5-9(2)6-8-10/h9-10H,4-8H2,1-3H3. The van der Waals surface area contributed by atoms with E-state index >= 15 is 0 Å². The Labute approximate surface area is 87.5 Å². The first-order chi connectivity index (χ1) is 6.47. The van der Waals surface area contributed by atoms with E-state index in [1.54, 1.807) is 18.3 Å². The molecule has 1 rings (SSSR count). The summed E-state index contributed by atoms with van der Waals surface area (Å²) in [6.07, 6.45) is 4.37. The van der Waals surface area contributed by atoms with Gasteiger partial charge in [-0.1, -0.05) is 6.92 Å². The molecule has 4 heteroatoms. The zero-order chi connectivity index (χ0) is 10.8. The molecule has 0 spiro atoms. The smallest absolute Gasteiger partial charge is 0.212 e. The minimum Gasteiger partial charge on any atom is -0.212 e. The van der Waals surface area contributed by atoms with Crippen LogP contribution in [0.1, 0.15) is 39.5 Å². The zero-order valence-corrected chi connectivity index (χ0v) is 10.2. The monoisotopic (exact) mass is 219 g/mol. The van der Waals surface area contributed by atoms with Crippen molar-refractivity contribution >= 4 is 10.0 Å². The van der Waals surface area contributed by atoms with Gasteiger partial charge in [0.25, 0.3) is 0 Å². The Morgan fingerprint density at radius 2 is 1.71 bits per heavy atom. The van der Waals surface area contributed by atoms with E-state index in [0.29, 0.717) is 0 Å². The molecule has 3 nitrogen and oxygen atoms in total. The molecule has 0 aromatic carbocycles. The van der Waals surface area contributed by atoms with Gasteiger partial charge in [0.15, 0.2) is 0 Å². The fourth-order valence-corrected chi connectivity index (χ4v) is 3.11. The third kappa shape index (κ3) is 2.70. The van der Waals surface area contributed by atoms with Gasteiger partial charge in [-0.2, -0.15) is 0 Å². The fourth-order valence-electron chi connectivity index (χ4n) is 2.04. The normalized spacial score (nSPS) is 29.4. The Bertz CT molecular complexity index is 266. The maximum atomic E-state index is 11.6. The van der Waals surface area contributed by atoms with Crippen molar-refractivity contribution < 1.29 is 8.42 Å². The lowest BCUT2D eigenvalue weighted by atomic mass is 9.87. The van der Waals surface area contributed by atoms with Crippen LogP contribution in [0, 0.1) is 5.92 Å². The first-order valence-electron chi connectivity index (χ1n) is 5.43. The predicted molar refractivity (Wildman–Crippen MR) is 58.6 cm³/mol. The molecule has 0 N–H and O–H groups in total. The van der Waals surface area contributed by atoms with Crippen molar-refractivity contribution in [2.45, 2.75) is 45.6 Å². The van der Waals surface area contributed by atoms with E-state index in [-0.39, 0.29) is 11.8 Å². The van der Waals surface area contributed by atoms with Crippen LogP contribution in [-0.2, 0) is 10.0 Å². The molecule has 14 heavy (non-hydrogen) atoms. The van der Waals surface area contributed by atoms with Crippen molar-refractivity contribution in [3.63, 3.8) is 0 Å². The van der Waals surface area contributed by atoms with Crippen molar-refractivity contribution in [2.75, 3.05) is 12.8 Å². The van der Waals surface area contributed by atoms with Gasteiger partial charge >= 0.3 is 0 Å². The summed E-state index contributed by atoms with van der Waals surface area (Å²) >= 11 is 0. The molecule has 0 unspecified atom stereocenters. The molecule has 0 atom stereocenters.